The summed E-state index contributed by atoms with van der Waals surface area (Å²) in [5.41, 5.74) is 2.65. The molecule has 0 fully saturated rings. The number of amides is 1. The molecule has 1 amide bonds. The number of carbonyl (C=O) groups is 1. The first-order valence-corrected chi connectivity index (χ1v) is 10.8. The third kappa shape index (κ3) is 5.73. The molecule has 0 aliphatic rings. The Kier molecular flexibility index (Phi) is 7.93. The number of aryl methyl sites for hydroxylation is 1. The second kappa shape index (κ2) is 9.22. The van der Waals surface area contributed by atoms with Crippen LogP contribution in [0.15, 0.2) is 18.2 Å². The van der Waals surface area contributed by atoms with Crippen LogP contribution in [0.25, 0.3) is 0 Å². The molecule has 0 aliphatic carbocycles. The fraction of sp³-hybridized carbons (Fsp3) is 0.632. The van der Waals surface area contributed by atoms with Gasteiger partial charge in [-0.2, -0.15) is 0 Å². The minimum atomic E-state index is -3.44. The summed E-state index contributed by atoms with van der Waals surface area (Å²) in [6.07, 6.45) is 2.78. The fourth-order valence-electron chi connectivity index (χ4n) is 3.02. The lowest BCUT2D eigenvalue weighted by atomic mass is 9.98. The zero-order chi connectivity index (χ0) is 19.2. The van der Waals surface area contributed by atoms with Crippen molar-refractivity contribution in [1.82, 2.24) is 5.32 Å². The van der Waals surface area contributed by atoms with E-state index >= 15 is 0 Å². The molecule has 1 N–H and O–H groups in total. The van der Waals surface area contributed by atoms with E-state index in [0.717, 1.165) is 29.7 Å². The van der Waals surface area contributed by atoms with Gasteiger partial charge in [0.1, 0.15) is 0 Å². The Labute approximate surface area is 152 Å². The normalized spacial score (nSPS) is 11.8. The van der Waals surface area contributed by atoms with E-state index in [1.807, 2.05) is 52.8 Å². The Morgan fingerprint density at radius 1 is 1.20 bits per heavy atom. The van der Waals surface area contributed by atoms with Crippen LogP contribution in [-0.2, 0) is 14.8 Å². The fourth-order valence-corrected chi connectivity index (χ4v) is 4.02. The zero-order valence-electron chi connectivity index (χ0n) is 16.3. The first-order chi connectivity index (χ1) is 11.6. The maximum atomic E-state index is 12.4. The number of anilines is 1. The quantitative estimate of drug-likeness (QED) is 0.726. The van der Waals surface area contributed by atoms with Crippen molar-refractivity contribution in [3.05, 3.63) is 29.3 Å². The Morgan fingerprint density at radius 3 is 2.28 bits per heavy atom. The van der Waals surface area contributed by atoms with Gasteiger partial charge in [0, 0.05) is 12.5 Å². The molecular formula is C19H32N2O3S. The first-order valence-electron chi connectivity index (χ1n) is 8.98. The SMILES string of the molecule is CCC(CC)C(=O)NCCN(c1c(C)cccc1C(C)C)S(C)(=O)=O. The van der Waals surface area contributed by atoms with Crippen molar-refractivity contribution >= 4 is 21.6 Å². The van der Waals surface area contributed by atoms with Gasteiger partial charge in [0.25, 0.3) is 0 Å². The summed E-state index contributed by atoms with van der Waals surface area (Å²) in [4.78, 5) is 12.1. The van der Waals surface area contributed by atoms with E-state index in [2.05, 4.69) is 5.32 Å². The molecule has 0 atom stereocenters. The lowest BCUT2D eigenvalue weighted by Gasteiger charge is -2.28. The van der Waals surface area contributed by atoms with E-state index in [1.165, 1.54) is 10.6 Å². The van der Waals surface area contributed by atoms with Crippen LogP contribution in [0.3, 0.4) is 0 Å². The number of para-hydroxylation sites is 1. The molecule has 142 valence electrons. The topological polar surface area (TPSA) is 66.5 Å². The Morgan fingerprint density at radius 2 is 1.80 bits per heavy atom. The lowest BCUT2D eigenvalue weighted by molar-refractivity contribution is -0.125. The molecule has 0 saturated carbocycles. The molecule has 1 aromatic carbocycles. The van der Waals surface area contributed by atoms with E-state index in [0.29, 0.717) is 6.54 Å². The molecule has 5 nitrogen and oxygen atoms in total. The molecule has 0 aliphatic heterocycles. The van der Waals surface area contributed by atoms with Gasteiger partial charge in [-0.25, -0.2) is 8.42 Å². The van der Waals surface area contributed by atoms with E-state index in [1.54, 1.807) is 0 Å². The number of benzene rings is 1. The van der Waals surface area contributed by atoms with Gasteiger partial charge in [-0.05, 0) is 36.8 Å². The lowest BCUT2D eigenvalue weighted by Crippen LogP contribution is -2.40. The van der Waals surface area contributed by atoms with Crippen molar-refractivity contribution in [3.8, 4) is 0 Å². The third-order valence-corrected chi connectivity index (χ3v) is 5.68. The van der Waals surface area contributed by atoms with Crippen molar-refractivity contribution in [2.45, 2.75) is 53.4 Å². The van der Waals surface area contributed by atoms with Gasteiger partial charge in [0.15, 0.2) is 0 Å². The summed E-state index contributed by atoms with van der Waals surface area (Å²) in [5.74, 6) is 0.182. The molecule has 0 unspecified atom stereocenters. The summed E-state index contributed by atoms with van der Waals surface area (Å²) >= 11 is 0. The van der Waals surface area contributed by atoms with E-state index in [-0.39, 0.29) is 24.3 Å². The van der Waals surface area contributed by atoms with Crippen LogP contribution in [0.5, 0.6) is 0 Å². The number of hydrogen-bond donors (Lipinski definition) is 1. The largest absolute Gasteiger partial charge is 0.354 e. The van der Waals surface area contributed by atoms with Crippen LogP contribution in [0, 0.1) is 12.8 Å². The third-order valence-electron chi connectivity index (χ3n) is 4.51. The molecule has 0 radical (unpaired) electrons. The van der Waals surface area contributed by atoms with Crippen molar-refractivity contribution in [1.29, 1.82) is 0 Å². The minimum Gasteiger partial charge on any atom is -0.354 e. The summed E-state index contributed by atoms with van der Waals surface area (Å²) in [7, 11) is -3.44. The molecule has 0 saturated heterocycles. The van der Waals surface area contributed by atoms with Crippen molar-refractivity contribution in [2.75, 3.05) is 23.7 Å². The van der Waals surface area contributed by atoms with E-state index < -0.39 is 10.0 Å². The predicted molar refractivity (Wildman–Crippen MR) is 105 cm³/mol. The molecule has 0 aromatic heterocycles. The number of rotatable bonds is 9. The number of nitrogens with one attached hydrogen (secondary N) is 1. The Hall–Kier alpha value is -1.56. The maximum absolute atomic E-state index is 12.4. The van der Waals surface area contributed by atoms with Crippen LogP contribution in [0.4, 0.5) is 5.69 Å². The number of carbonyl (C=O) groups excluding carboxylic acids is 1. The molecule has 0 heterocycles. The van der Waals surface area contributed by atoms with Crippen molar-refractivity contribution in [2.24, 2.45) is 5.92 Å². The monoisotopic (exact) mass is 368 g/mol. The van der Waals surface area contributed by atoms with Gasteiger partial charge in [-0.3, -0.25) is 9.10 Å². The average Bonchev–Trinajstić information content (AvgIpc) is 2.52. The second-order valence-electron chi connectivity index (χ2n) is 6.81. The van der Waals surface area contributed by atoms with Crippen LogP contribution < -0.4 is 9.62 Å². The van der Waals surface area contributed by atoms with Crippen molar-refractivity contribution < 1.29 is 13.2 Å². The Balaban J connectivity index is 3.04. The van der Waals surface area contributed by atoms with Crippen molar-refractivity contribution in [3.63, 3.8) is 0 Å². The highest BCUT2D eigenvalue weighted by Gasteiger charge is 2.23. The van der Waals surface area contributed by atoms with E-state index in [9.17, 15) is 13.2 Å². The van der Waals surface area contributed by atoms with Crippen LogP contribution in [0.2, 0.25) is 0 Å². The molecule has 1 aromatic rings. The molecular weight excluding hydrogens is 336 g/mol. The van der Waals surface area contributed by atoms with Crippen LogP contribution in [-0.4, -0.2) is 33.7 Å². The molecule has 0 bridgehead atoms. The molecule has 25 heavy (non-hydrogen) atoms. The standard InChI is InChI=1S/C19H32N2O3S/c1-7-16(8-2)19(22)20-12-13-21(25(6,23)24)18-15(5)10-9-11-17(18)14(3)4/h9-11,14,16H,7-8,12-13H2,1-6H3,(H,20,22). The zero-order valence-corrected chi connectivity index (χ0v) is 17.1. The van der Waals surface area contributed by atoms with Gasteiger partial charge in [0.05, 0.1) is 18.5 Å². The van der Waals surface area contributed by atoms with Gasteiger partial charge >= 0.3 is 0 Å². The summed E-state index contributed by atoms with van der Waals surface area (Å²) in [6.45, 7) is 10.5. The van der Waals surface area contributed by atoms with Gasteiger partial charge < -0.3 is 5.32 Å². The minimum absolute atomic E-state index is 0.00711. The Bertz CT molecular complexity index is 680. The summed E-state index contributed by atoms with van der Waals surface area (Å²) in [6, 6.07) is 5.83. The summed E-state index contributed by atoms with van der Waals surface area (Å²) in [5, 5.41) is 2.88. The van der Waals surface area contributed by atoms with Gasteiger partial charge in [-0.15, -0.1) is 0 Å². The number of nitrogens with zero attached hydrogens (tertiary/aromatic N) is 1. The molecule has 0 spiro atoms. The highest BCUT2D eigenvalue weighted by atomic mass is 32.2. The number of sulfonamides is 1. The highest BCUT2D eigenvalue weighted by Crippen LogP contribution is 2.32. The second-order valence-corrected chi connectivity index (χ2v) is 8.71. The molecule has 1 rings (SSSR count). The molecule has 6 heteroatoms. The average molecular weight is 369 g/mol. The first kappa shape index (κ1) is 21.5. The van der Waals surface area contributed by atoms with Gasteiger partial charge in [0.2, 0.25) is 15.9 Å². The maximum Gasteiger partial charge on any atom is 0.232 e. The number of hydrogen-bond acceptors (Lipinski definition) is 3. The smallest absolute Gasteiger partial charge is 0.232 e. The van der Waals surface area contributed by atoms with Crippen LogP contribution >= 0.6 is 0 Å². The summed E-state index contributed by atoms with van der Waals surface area (Å²) < 4.78 is 26.2. The van der Waals surface area contributed by atoms with E-state index in [4.69, 9.17) is 0 Å². The predicted octanol–water partition coefficient (Wildman–Crippen LogP) is 3.44. The highest BCUT2D eigenvalue weighted by molar-refractivity contribution is 7.92. The van der Waals surface area contributed by atoms with Crippen LogP contribution in [0.1, 0.15) is 57.6 Å². The van der Waals surface area contributed by atoms with Gasteiger partial charge in [-0.1, -0.05) is 45.9 Å².